The summed E-state index contributed by atoms with van der Waals surface area (Å²) in [5.41, 5.74) is 3.14. The predicted molar refractivity (Wildman–Crippen MR) is 94.9 cm³/mol. The highest BCUT2D eigenvalue weighted by Gasteiger charge is 2.26. The third-order valence-corrected chi connectivity index (χ3v) is 5.53. The molecule has 0 unspecified atom stereocenters. The first-order chi connectivity index (χ1) is 12.5. The van der Waals surface area contributed by atoms with Gasteiger partial charge in [0.1, 0.15) is 0 Å². The third kappa shape index (κ3) is 4.57. The molecule has 0 N–H and O–H groups in total. The second kappa shape index (κ2) is 7.96. The molecule has 144 valence electrons. The van der Waals surface area contributed by atoms with E-state index in [2.05, 4.69) is 0 Å². The van der Waals surface area contributed by atoms with Crippen molar-refractivity contribution in [2.24, 2.45) is 0 Å². The van der Waals surface area contributed by atoms with E-state index >= 15 is 0 Å². The number of Topliss-reactive ketones (excluding diaryl/α,β-unsaturated/α-hetero) is 1. The van der Waals surface area contributed by atoms with Crippen LogP contribution in [0.2, 0.25) is 0 Å². The van der Waals surface area contributed by atoms with Crippen LogP contribution in [-0.2, 0) is 14.6 Å². The Labute approximate surface area is 155 Å². The number of esters is 1. The number of hydrogen-bond acceptors (Lipinski definition) is 5. The number of halogens is 2. The largest absolute Gasteiger partial charge is 0.454 e. The van der Waals surface area contributed by atoms with Crippen LogP contribution in [-0.4, -0.2) is 32.5 Å². The molecule has 27 heavy (non-hydrogen) atoms. The normalized spacial score (nSPS) is 11.5. The highest BCUT2D eigenvalue weighted by molar-refractivity contribution is 7.91. The van der Waals surface area contributed by atoms with Crippen molar-refractivity contribution >= 4 is 21.6 Å². The number of carbonyl (C=O) groups excluding carboxylic acids is 2. The average Bonchev–Trinajstić information content (AvgIpc) is 2.62. The van der Waals surface area contributed by atoms with Crippen LogP contribution in [0.15, 0.2) is 41.3 Å². The molecular formula is C19H18F2O5S. The van der Waals surface area contributed by atoms with E-state index in [1.165, 1.54) is 0 Å². The van der Waals surface area contributed by atoms with Gasteiger partial charge >= 0.3 is 11.7 Å². The van der Waals surface area contributed by atoms with Gasteiger partial charge in [-0.05, 0) is 67.8 Å². The highest BCUT2D eigenvalue weighted by Crippen LogP contribution is 2.19. The van der Waals surface area contributed by atoms with Crippen molar-refractivity contribution in [3.05, 3.63) is 64.2 Å². The quantitative estimate of drug-likeness (QED) is 0.550. The fourth-order valence-electron chi connectivity index (χ4n) is 2.44. The zero-order valence-corrected chi connectivity index (χ0v) is 15.8. The number of alkyl halides is 2. The smallest absolute Gasteiger partial charge is 0.341 e. The molecule has 0 aromatic heterocycles. The van der Waals surface area contributed by atoms with Crippen LogP contribution >= 0.6 is 0 Å². The van der Waals surface area contributed by atoms with E-state index in [4.69, 9.17) is 4.74 Å². The summed E-state index contributed by atoms with van der Waals surface area (Å²) in [6, 6.07) is 7.50. The number of sulfone groups is 1. The third-order valence-electron chi connectivity index (χ3n) is 4.13. The van der Waals surface area contributed by atoms with Crippen LogP contribution in [0.25, 0.3) is 0 Å². The molecule has 0 fully saturated rings. The lowest BCUT2D eigenvalue weighted by atomic mass is 9.98. The van der Waals surface area contributed by atoms with Crippen LogP contribution in [0.1, 0.15) is 37.4 Å². The van der Waals surface area contributed by atoms with E-state index in [9.17, 15) is 26.8 Å². The van der Waals surface area contributed by atoms with Crippen molar-refractivity contribution in [2.75, 3.05) is 6.61 Å². The van der Waals surface area contributed by atoms with Gasteiger partial charge in [-0.3, -0.25) is 4.79 Å². The molecule has 8 heteroatoms. The lowest BCUT2D eigenvalue weighted by Crippen LogP contribution is -2.16. The number of hydrogen-bond donors (Lipinski definition) is 0. The molecular weight excluding hydrogens is 378 g/mol. The van der Waals surface area contributed by atoms with Crippen molar-refractivity contribution < 1.29 is 31.5 Å². The summed E-state index contributed by atoms with van der Waals surface area (Å²) in [5, 5.41) is 0. The first-order valence-electron chi connectivity index (χ1n) is 7.94. The van der Waals surface area contributed by atoms with Gasteiger partial charge in [-0.1, -0.05) is 6.07 Å². The van der Waals surface area contributed by atoms with Crippen LogP contribution in [0.3, 0.4) is 0 Å². The average molecular weight is 396 g/mol. The van der Waals surface area contributed by atoms with Gasteiger partial charge in [0.05, 0.1) is 10.5 Å². The van der Waals surface area contributed by atoms with E-state index in [0.29, 0.717) is 5.56 Å². The van der Waals surface area contributed by atoms with Gasteiger partial charge in [0.15, 0.2) is 6.61 Å². The number of aryl methyl sites for hydroxylation is 3. The molecule has 0 saturated heterocycles. The van der Waals surface area contributed by atoms with Crippen LogP contribution in [0.4, 0.5) is 8.78 Å². The molecule has 5 nitrogen and oxygen atoms in total. The summed E-state index contributed by atoms with van der Waals surface area (Å²) in [6.45, 7) is 5.09. The van der Waals surface area contributed by atoms with Gasteiger partial charge in [-0.2, -0.15) is 8.78 Å². The fraction of sp³-hybridized carbons (Fsp3) is 0.263. The molecule has 2 aromatic carbocycles. The first kappa shape index (κ1) is 20.7. The van der Waals surface area contributed by atoms with Crippen molar-refractivity contribution in [3.8, 4) is 0 Å². The molecule has 0 aliphatic heterocycles. The Balaban J connectivity index is 2.08. The Morgan fingerprint density at radius 3 is 2.07 bits per heavy atom. The standard InChI is InChI=1S/C19H18F2O5S/c1-11-8-13(3)16(9-12(11)2)17(22)10-26-18(23)14-4-6-15(7-5-14)27(24,25)19(20)21/h4-9,19H,10H2,1-3H3. The summed E-state index contributed by atoms with van der Waals surface area (Å²) in [6.07, 6.45) is 0. The minimum Gasteiger partial charge on any atom is -0.454 e. The Kier molecular flexibility index (Phi) is 6.10. The monoisotopic (exact) mass is 396 g/mol. The van der Waals surface area contributed by atoms with Gasteiger partial charge < -0.3 is 4.74 Å². The zero-order chi connectivity index (χ0) is 20.4. The van der Waals surface area contributed by atoms with E-state index in [1.54, 1.807) is 13.0 Å². The summed E-state index contributed by atoms with van der Waals surface area (Å²) >= 11 is 0. The number of ketones is 1. The molecule has 0 aliphatic rings. The Morgan fingerprint density at radius 2 is 1.52 bits per heavy atom. The van der Waals surface area contributed by atoms with E-state index < -0.39 is 33.1 Å². The second-order valence-electron chi connectivity index (χ2n) is 6.08. The van der Waals surface area contributed by atoms with E-state index in [0.717, 1.165) is 41.0 Å². The Hall–Kier alpha value is -2.61. The van der Waals surface area contributed by atoms with E-state index in [1.807, 2.05) is 19.9 Å². The predicted octanol–water partition coefficient (Wildman–Crippen LogP) is 3.65. The fourth-order valence-corrected chi connectivity index (χ4v) is 3.16. The number of rotatable bonds is 6. The molecule has 0 aliphatic carbocycles. The summed E-state index contributed by atoms with van der Waals surface area (Å²) < 4.78 is 52.7. The minimum absolute atomic E-state index is 0.0483. The van der Waals surface area contributed by atoms with Gasteiger partial charge in [0, 0.05) is 5.56 Å². The lowest BCUT2D eigenvalue weighted by molar-refractivity contribution is 0.0474. The molecule has 2 rings (SSSR count). The van der Waals surface area contributed by atoms with Gasteiger partial charge in [0.2, 0.25) is 15.6 Å². The van der Waals surface area contributed by atoms with Crippen molar-refractivity contribution in [3.63, 3.8) is 0 Å². The Morgan fingerprint density at radius 1 is 0.963 bits per heavy atom. The highest BCUT2D eigenvalue weighted by atomic mass is 32.2. The molecule has 0 amide bonds. The van der Waals surface area contributed by atoms with Crippen LogP contribution in [0.5, 0.6) is 0 Å². The molecule has 0 atom stereocenters. The van der Waals surface area contributed by atoms with Crippen molar-refractivity contribution in [1.29, 1.82) is 0 Å². The molecule has 0 spiro atoms. The van der Waals surface area contributed by atoms with Gasteiger partial charge in [-0.15, -0.1) is 0 Å². The Bertz CT molecular complexity index is 980. The van der Waals surface area contributed by atoms with Crippen molar-refractivity contribution in [1.82, 2.24) is 0 Å². The van der Waals surface area contributed by atoms with Crippen molar-refractivity contribution in [2.45, 2.75) is 31.4 Å². The maximum atomic E-state index is 12.5. The molecule has 2 aromatic rings. The van der Waals surface area contributed by atoms with Crippen LogP contribution < -0.4 is 0 Å². The maximum absolute atomic E-state index is 12.5. The first-order valence-corrected chi connectivity index (χ1v) is 9.49. The summed E-state index contributed by atoms with van der Waals surface area (Å²) in [4.78, 5) is 23.7. The molecule has 0 radical (unpaired) electrons. The van der Waals surface area contributed by atoms with Gasteiger partial charge in [0.25, 0.3) is 0 Å². The molecule has 0 saturated carbocycles. The topological polar surface area (TPSA) is 77.5 Å². The maximum Gasteiger partial charge on any atom is 0.341 e. The molecule has 0 bridgehead atoms. The zero-order valence-electron chi connectivity index (χ0n) is 15.0. The van der Waals surface area contributed by atoms with Gasteiger partial charge in [-0.25, -0.2) is 13.2 Å². The number of carbonyl (C=O) groups is 2. The number of benzene rings is 2. The molecule has 0 heterocycles. The summed E-state index contributed by atoms with van der Waals surface area (Å²) in [5.74, 6) is -4.78. The summed E-state index contributed by atoms with van der Waals surface area (Å²) in [7, 11) is -4.73. The number of ether oxygens (including phenoxy) is 1. The minimum atomic E-state index is -4.73. The second-order valence-corrected chi connectivity index (χ2v) is 8.00. The lowest BCUT2D eigenvalue weighted by Gasteiger charge is -2.10. The van der Waals surface area contributed by atoms with Crippen LogP contribution in [0, 0.1) is 20.8 Å². The SMILES string of the molecule is Cc1cc(C)c(C(=O)COC(=O)c2ccc(S(=O)(=O)C(F)F)cc2)cc1C. The van der Waals surface area contributed by atoms with E-state index in [-0.39, 0.29) is 11.3 Å².